The van der Waals surface area contributed by atoms with Crippen molar-refractivity contribution in [1.29, 1.82) is 5.26 Å². The minimum atomic E-state index is 0.605. The van der Waals surface area contributed by atoms with Crippen LogP contribution in [0.25, 0.3) is 11.6 Å². The SMILES string of the molecule is CCSc1ncc(C=C(C#N)c2ccc(OC)cc2)n1C. The number of hydrogen-bond acceptors (Lipinski definition) is 4. The fraction of sp³-hybridized carbons (Fsp3) is 0.250. The summed E-state index contributed by atoms with van der Waals surface area (Å²) in [6.45, 7) is 2.09. The molecule has 0 unspecified atom stereocenters. The number of nitriles is 1. The van der Waals surface area contributed by atoms with Crippen LogP contribution in [0.4, 0.5) is 0 Å². The summed E-state index contributed by atoms with van der Waals surface area (Å²) in [5.41, 5.74) is 2.39. The fourth-order valence-corrected chi connectivity index (χ4v) is 2.59. The molecule has 1 aromatic heterocycles. The van der Waals surface area contributed by atoms with E-state index in [0.29, 0.717) is 5.57 Å². The van der Waals surface area contributed by atoms with Crippen LogP contribution < -0.4 is 4.74 Å². The number of allylic oxidation sites excluding steroid dienone is 1. The molecule has 0 spiro atoms. The van der Waals surface area contributed by atoms with E-state index in [-0.39, 0.29) is 0 Å². The van der Waals surface area contributed by atoms with E-state index >= 15 is 0 Å². The van der Waals surface area contributed by atoms with Crippen LogP contribution in [0.5, 0.6) is 5.75 Å². The van der Waals surface area contributed by atoms with Crippen LogP contribution in [0.3, 0.4) is 0 Å². The highest BCUT2D eigenvalue weighted by atomic mass is 32.2. The number of nitrogens with zero attached hydrogens (tertiary/aromatic N) is 3. The first kappa shape index (κ1) is 15.2. The maximum Gasteiger partial charge on any atom is 0.168 e. The maximum absolute atomic E-state index is 9.38. The van der Waals surface area contributed by atoms with E-state index in [1.54, 1.807) is 25.1 Å². The van der Waals surface area contributed by atoms with Crippen molar-refractivity contribution in [1.82, 2.24) is 9.55 Å². The summed E-state index contributed by atoms with van der Waals surface area (Å²) in [7, 11) is 3.58. The van der Waals surface area contributed by atoms with Crippen molar-refractivity contribution in [2.75, 3.05) is 12.9 Å². The van der Waals surface area contributed by atoms with Crippen LogP contribution >= 0.6 is 11.8 Å². The predicted molar refractivity (Wildman–Crippen MR) is 86.1 cm³/mol. The number of benzene rings is 1. The Morgan fingerprint density at radius 3 is 2.71 bits per heavy atom. The van der Waals surface area contributed by atoms with Crippen LogP contribution in [-0.2, 0) is 7.05 Å². The standard InChI is InChI=1S/C16H17N3OS/c1-4-21-16-18-11-14(19(16)2)9-13(10-17)12-5-7-15(20-3)8-6-12/h5-9,11H,4H2,1-3H3. The van der Waals surface area contributed by atoms with Crippen molar-refractivity contribution in [2.24, 2.45) is 7.05 Å². The molecule has 0 N–H and O–H groups in total. The van der Waals surface area contributed by atoms with Gasteiger partial charge in [-0.25, -0.2) is 4.98 Å². The second-order valence-electron chi connectivity index (χ2n) is 4.36. The first-order valence-electron chi connectivity index (χ1n) is 6.60. The van der Waals surface area contributed by atoms with Crippen LogP contribution in [0, 0.1) is 11.3 Å². The number of thioether (sulfide) groups is 1. The van der Waals surface area contributed by atoms with Gasteiger partial charge in [-0.05, 0) is 41.7 Å². The number of hydrogen-bond donors (Lipinski definition) is 0. The highest BCUT2D eigenvalue weighted by molar-refractivity contribution is 7.99. The Morgan fingerprint density at radius 2 is 2.14 bits per heavy atom. The van der Waals surface area contributed by atoms with Gasteiger partial charge in [0.05, 0.1) is 30.6 Å². The van der Waals surface area contributed by atoms with E-state index in [1.807, 2.05) is 42.0 Å². The molecule has 0 radical (unpaired) electrons. The van der Waals surface area contributed by atoms with Gasteiger partial charge >= 0.3 is 0 Å². The molecule has 0 atom stereocenters. The van der Waals surface area contributed by atoms with Gasteiger partial charge in [-0.3, -0.25) is 0 Å². The number of ether oxygens (including phenoxy) is 1. The Balaban J connectivity index is 2.34. The van der Waals surface area contributed by atoms with E-state index < -0.39 is 0 Å². The zero-order valence-electron chi connectivity index (χ0n) is 12.3. The normalized spacial score (nSPS) is 11.2. The van der Waals surface area contributed by atoms with Gasteiger partial charge in [0.1, 0.15) is 5.75 Å². The smallest absolute Gasteiger partial charge is 0.168 e. The maximum atomic E-state index is 9.38. The molecule has 1 heterocycles. The molecule has 0 fully saturated rings. The third kappa shape index (κ3) is 3.47. The predicted octanol–water partition coefficient (Wildman–Crippen LogP) is 3.60. The highest BCUT2D eigenvalue weighted by Crippen LogP contribution is 2.23. The van der Waals surface area contributed by atoms with Crippen molar-refractivity contribution in [3.8, 4) is 11.8 Å². The largest absolute Gasteiger partial charge is 0.497 e. The lowest BCUT2D eigenvalue weighted by atomic mass is 10.1. The number of aromatic nitrogens is 2. The van der Waals surface area contributed by atoms with Crippen LogP contribution in [0.15, 0.2) is 35.6 Å². The Bertz CT molecular complexity index is 681. The zero-order chi connectivity index (χ0) is 15.2. The van der Waals surface area contributed by atoms with Gasteiger partial charge in [0.25, 0.3) is 0 Å². The Labute approximate surface area is 129 Å². The van der Waals surface area contributed by atoms with Gasteiger partial charge in [-0.2, -0.15) is 5.26 Å². The van der Waals surface area contributed by atoms with E-state index in [0.717, 1.165) is 27.9 Å². The van der Waals surface area contributed by atoms with Gasteiger partial charge in [-0.1, -0.05) is 18.7 Å². The summed E-state index contributed by atoms with van der Waals surface area (Å²) in [6.07, 6.45) is 3.65. The Kier molecular flexibility index (Phi) is 5.07. The van der Waals surface area contributed by atoms with Crippen molar-refractivity contribution in [2.45, 2.75) is 12.1 Å². The molecule has 0 bridgehead atoms. The molecule has 1 aromatic carbocycles. The second kappa shape index (κ2) is 7.00. The van der Waals surface area contributed by atoms with Crippen molar-refractivity contribution in [3.05, 3.63) is 41.7 Å². The molecule has 0 aliphatic heterocycles. The monoisotopic (exact) mass is 299 g/mol. The topological polar surface area (TPSA) is 50.8 Å². The van der Waals surface area contributed by atoms with Crippen molar-refractivity contribution < 1.29 is 4.74 Å². The quantitative estimate of drug-likeness (QED) is 0.625. The molecule has 0 aliphatic carbocycles. The summed E-state index contributed by atoms with van der Waals surface area (Å²) >= 11 is 1.68. The van der Waals surface area contributed by atoms with Crippen molar-refractivity contribution >= 4 is 23.4 Å². The van der Waals surface area contributed by atoms with E-state index in [1.165, 1.54) is 0 Å². The third-order valence-electron chi connectivity index (χ3n) is 3.07. The van der Waals surface area contributed by atoms with Gasteiger partial charge < -0.3 is 9.30 Å². The summed E-state index contributed by atoms with van der Waals surface area (Å²) in [5, 5.41) is 10.3. The summed E-state index contributed by atoms with van der Waals surface area (Å²) in [6, 6.07) is 9.71. The van der Waals surface area contributed by atoms with Gasteiger partial charge in [0.15, 0.2) is 5.16 Å². The second-order valence-corrected chi connectivity index (χ2v) is 5.59. The summed E-state index contributed by atoms with van der Waals surface area (Å²) in [4.78, 5) is 4.37. The fourth-order valence-electron chi connectivity index (χ4n) is 1.90. The van der Waals surface area contributed by atoms with Crippen LogP contribution in [-0.4, -0.2) is 22.4 Å². The Morgan fingerprint density at radius 1 is 1.43 bits per heavy atom. The third-order valence-corrected chi connectivity index (χ3v) is 3.99. The van der Waals surface area contributed by atoms with E-state index in [4.69, 9.17) is 4.74 Å². The van der Waals surface area contributed by atoms with E-state index in [9.17, 15) is 5.26 Å². The van der Waals surface area contributed by atoms with E-state index in [2.05, 4.69) is 18.0 Å². The van der Waals surface area contributed by atoms with Crippen LogP contribution in [0.2, 0.25) is 0 Å². The molecule has 0 aliphatic rings. The average Bonchev–Trinajstić information content (AvgIpc) is 2.86. The van der Waals surface area contributed by atoms with Crippen molar-refractivity contribution in [3.63, 3.8) is 0 Å². The lowest BCUT2D eigenvalue weighted by molar-refractivity contribution is 0.415. The molecular formula is C16H17N3OS. The van der Waals surface area contributed by atoms with Crippen LogP contribution in [0.1, 0.15) is 18.2 Å². The zero-order valence-corrected chi connectivity index (χ0v) is 13.1. The van der Waals surface area contributed by atoms with Gasteiger partial charge in [0, 0.05) is 7.05 Å². The Hall–Kier alpha value is -2.19. The molecule has 2 rings (SSSR count). The highest BCUT2D eigenvalue weighted by Gasteiger charge is 2.07. The molecule has 0 saturated carbocycles. The molecule has 4 nitrogen and oxygen atoms in total. The summed E-state index contributed by atoms with van der Waals surface area (Å²) < 4.78 is 7.13. The molecule has 21 heavy (non-hydrogen) atoms. The molecule has 2 aromatic rings. The lowest BCUT2D eigenvalue weighted by Gasteiger charge is -2.04. The molecule has 108 valence electrons. The summed E-state index contributed by atoms with van der Waals surface area (Å²) in [5.74, 6) is 1.75. The molecule has 0 amide bonds. The number of rotatable bonds is 5. The first-order chi connectivity index (χ1) is 10.2. The van der Waals surface area contributed by atoms with Gasteiger partial charge in [0.2, 0.25) is 0 Å². The average molecular weight is 299 g/mol. The number of imidazole rings is 1. The minimum absolute atomic E-state index is 0.605. The molecule has 5 heteroatoms. The lowest BCUT2D eigenvalue weighted by Crippen LogP contribution is -1.94. The first-order valence-corrected chi connectivity index (χ1v) is 7.59. The number of methoxy groups -OCH3 is 1. The molecular weight excluding hydrogens is 282 g/mol. The molecule has 0 saturated heterocycles. The minimum Gasteiger partial charge on any atom is -0.497 e. The van der Waals surface area contributed by atoms with Gasteiger partial charge in [-0.15, -0.1) is 0 Å².